The molecule has 3 heterocycles. The molecule has 180 valence electrons. The second-order valence-electron chi connectivity index (χ2n) is 9.50. The molecule has 0 spiro atoms. The maximum Gasteiger partial charge on any atom is 0.348 e. The van der Waals surface area contributed by atoms with Crippen LogP contribution in [-0.4, -0.2) is 38.8 Å². The van der Waals surface area contributed by atoms with Crippen molar-refractivity contribution < 1.29 is 18.7 Å². The van der Waals surface area contributed by atoms with Crippen LogP contribution in [0.1, 0.15) is 22.3 Å². The minimum atomic E-state index is -1.07. The molecule has 0 radical (unpaired) electrons. The van der Waals surface area contributed by atoms with Crippen molar-refractivity contribution in [2.75, 3.05) is 32.6 Å². The zero-order valence-electron chi connectivity index (χ0n) is 20.3. The molecule has 3 aromatic rings. The fourth-order valence-corrected chi connectivity index (χ4v) is 5.25. The van der Waals surface area contributed by atoms with Crippen LogP contribution in [0.25, 0.3) is 44.4 Å². The molecule has 2 aromatic carbocycles. The molecule has 1 aliphatic carbocycles. The highest BCUT2D eigenvalue weighted by Gasteiger charge is 2.26. The van der Waals surface area contributed by atoms with Crippen LogP contribution in [0.15, 0.2) is 68.2 Å². The van der Waals surface area contributed by atoms with Gasteiger partial charge in [0.05, 0.1) is 17.0 Å². The first kappa shape index (κ1) is 22.1. The van der Waals surface area contributed by atoms with Crippen LogP contribution in [0, 0.1) is 0 Å². The fraction of sp³-hybridized carbons (Fsp3) is 0.207. The van der Waals surface area contributed by atoms with Gasteiger partial charge in [0.2, 0.25) is 5.36 Å². The zero-order valence-corrected chi connectivity index (χ0v) is 20.3. The van der Waals surface area contributed by atoms with Gasteiger partial charge in [0.25, 0.3) is 0 Å². The topological polar surface area (TPSA) is 86.9 Å². The third-order valence-electron chi connectivity index (χ3n) is 7.05. The average Bonchev–Trinajstić information content (AvgIpc) is 2.86. The summed E-state index contributed by atoms with van der Waals surface area (Å²) in [6, 6.07) is 16.4. The van der Waals surface area contributed by atoms with Gasteiger partial charge < -0.3 is 18.8 Å². The molecule has 36 heavy (non-hydrogen) atoms. The fourth-order valence-electron chi connectivity index (χ4n) is 5.25. The Kier molecular flexibility index (Phi) is 4.96. The number of carbonyl (C=O) groups is 1. The number of anilines is 1. The lowest BCUT2D eigenvalue weighted by Crippen LogP contribution is -2.24. The van der Waals surface area contributed by atoms with Crippen LogP contribution in [0.2, 0.25) is 0 Å². The van der Waals surface area contributed by atoms with Crippen LogP contribution >= 0.6 is 0 Å². The first-order valence-corrected chi connectivity index (χ1v) is 11.9. The summed E-state index contributed by atoms with van der Waals surface area (Å²) >= 11 is 0. The van der Waals surface area contributed by atoms with Crippen LogP contribution in [0.5, 0.6) is 0 Å². The highest BCUT2D eigenvalue weighted by atomic mass is 16.4. The lowest BCUT2D eigenvalue weighted by molar-refractivity contribution is 0.0697. The van der Waals surface area contributed by atoms with Crippen molar-refractivity contribution in [3.8, 4) is 22.5 Å². The third-order valence-corrected chi connectivity index (χ3v) is 7.05. The summed E-state index contributed by atoms with van der Waals surface area (Å²) in [5.41, 5.74) is 4.19. The highest BCUT2D eigenvalue weighted by molar-refractivity contribution is 6.13. The molecule has 0 atom stereocenters. The van der Waals surface area contributed by atoms with Crippen molar-refractivity contribution >= 4 is 33.6 Å². The van der Waals surface area contributed by atoms with Crippen molar-refractivity contribution in [3.63, 3.8) is 0 Å². The van der Waals surface area contributed by atoms with Gasteiger partial charge in [-0.3, -0.25) is 0 Å². The molecule has 0 amide bonds. The summed E-state index contributed by atoms with van der Waals surface area (Å²) in [5.74, 6) is -0.509. The predicted molar refractivity (Wildman–Crippen MR) is 140 cm³/mol. The summed E-state index contributed by atoms with van der Waals surface area (Å²) < 4.78 is 14.3. The number of benzene rings is 3. The summed E-state index contributed by atoms with van der Waals surface area (Å²) in [4.78, 5) is 27.9. The number of hydrogen-bond acceptors (Lipinski definition) is 5. The molecule has 0 saturated carbocycles. The van der Waals surface area contributed by atoms with Gasteiger partial charge in [0.1, 0.15) is 30.8 Å². The van der Waals surface area contributed by atoms with Gasteiger partial charge in [0, 0.05) is 42.5 Å². The monoisotopic (exact) mass is 481 g/mol. The molecule has 0 fully saturated rings. The minimum absolute atomic E-state index is 0.106. The molecule has 6 rings (SSSR count). The molecule has 1 N–H and O–H groups in total. The second-order valence-corrected chi connectivity index (χ2v) is 9.50. The number of carboxylic acid groups (broad SMARTS) is 1. The van der Waals surface area contributed by atoms with E-state index in [1.807, 2.05) is 56.1 Å². The maximum absolute atomic E-state index is 13.5. The van der Waals surface area contributed by atoms with E-state index in [4.69, 9.17) is 8.83 Å². The Morgan fingerprint density at radius 1 is 1.03 bits per heavy atom. The van der Waals surface area contributed by atoms with E-state index in [1.165, 1.54) is 0 Å². The van der Waals surface area contributed by atoms with Gasteiger partial charge in [-0.25, -0.2) is 14.2 Å². The van der Waals surface area contributed by atoms with Gasteiger partial charge in [-0.15, -0.1) is 0 Å². The Bertz CT molecular complexity index is 1810. The summed E-state index contributed by atoms with van der Waals surface area (Å²) in [6.07, 6.45) is 1.95. The Hall–Kier alpha value is -4.39. The summed E-state index contributed by atoms with van der Waals surface area (Å²) in [6.45, 7) is 0.939. The van der Waals surface area contributed by atoms with Crippen molar-refractivity contribution in [1.82, 2.24) is 4.58 Å². The van der Waals surface area contributed by atoms with Gasteiger partial charge in [0.15, 0.2) is 5.58 Å². The first-order chi connectivity index (χ1) is 17.3. The average molecular weight is 482 g/mol. The van der Waals surface area contributed by atoms with Gasteiger partial charge in [-0.05, 0) is 42.2 Å². The molecule has 0 saturated heterocycles. The number of carboxylic acids is 1. The van der Waals surface area contributed by atoms with Crippen LogP contribution in [0.4, 0.5) is 5.69 Å². The molecule has 7 heteroatoms. The number of nitrogens with zero attached hydrogens (tertiary/aromatic N) is 2. The third kappa shape index (κ3) is 3.31. The molecule has 7 nitrogen and oxygen atoms in total. The SMILES string of the molecule is CN1CCCc2cc3c(cc21)oc(=O)c1c(-c2ccccc2C(=O)O)c2ccc(=[N+](C)C)cc-2oc13. The van der Waals surface area contributed by atoms with Crippen LogP contribution < -0.4 is 20.5 Å². The van der Waals surface area contributed by atoms with E-state index in [0.29, 0.717) is 39.0 Å². The molecule has 2 aliphatic heterocycles. The van der Waals surface area contributed by atoms with E-state index < -0.39 is 11.6 Å². The second kappa shape index (κ2) is 8.09. The van der Waals surface area contributed by atoms with Crippen LogP contribution in [0.3, 0.4) is 0 Å². The lowest BCUT2D eigenvalue weighted by Gasteiger charge is -2.27. The molecular formula is C29H25N2O5+. The highest BCUT2D eigenvalue weighted by Crippen LogP contribution is 2.42. The lowest BCUT2D eigenvalue weighted by atomic mass is 9.90. The van der Waals surface area contributed by atoms with Crippen molar-refractivity contribution in [2.24, 2.45) is 0 Å². The largest absolute Gasteiger partial charge is 0.478 e. The summed E-state index contributed by atoms with van der Waals surface area (Å²) in [7, 11) is 5.91. The zero-order chi connectivity index (χ0) is 25.1. The molecule has 0 bridgehead atoms. The van der Waals surface area contributed by atoms with E-state index in [0.717, 1.165) is 36.0 Å². The number of rotatable bonds is 2. The van der Waals surface area contributed by atoms with E-state index in [2.05, 4.69) is 4.90 Å². The van der Waals surface area contributed by atoms with Gasteiger partial charge in [-0.1, -0.05) is 18.2 Å². The van der Waals surface area contributed by atoms with Crippen molar-refractivity contribution in [2.45, 2.75) is 12.8 Å². The number of aromatic carboxylic acids is 1. The maximum atomic E-state index is 13.5. The predicted octanol–water partition coefficient (Wildman–Crippen LogP) is 4.42. The summed E-state index contributed by atoms with van der Waals surface area (Å²) in [5, 5.41) is 11.8. The molecular weight excluding hydrogens is 456 g/mol. The Labute approximate surface area is 206 Å². The number of hydrogen-bond donors (Lipinski definition) is 1. The standard InChI is InChI=1S/C29H24N2O5/c1-30(2)17-10-11-20-23(14-17)35-27-21-13-16-7-6-12-31(3)22(16)15-24(21)36-29(34)26(27)25(20)18-8-4-5-9-19(18)28(32)33/h4-5,8-11,13-15H,6-7,12H2,1-3H3/p+1. The number of aryl methyl sites for hydroxylation is 1. The number of fused-ring (bicyclic) bond motifs is 5. The van der Waals surface area contributed by atoms with Gasteiger partial charge in [-0.2, -0.15) is 0 Å². The normalized spacial score (nSPS) is 13.4. The molecule has 3 aliphatic rings. The van der Waals surface area contributed by atoms with Gasteiger partial charge >= 0.3 is 11.6 Å². The van der Waals surface area contributed by atoms with E-state index in [9.17, 15) is 14.7 Å². The van der Waals surface area contributed by atoms with E-state index in [-0.39, 0.29) is 10.9 Å². The van der Waals surface area contributed by atoms with Crippen molar-refractivity contribution in [1.29, 1.82) is 0 Å². The van der Waals surface area contributed by atoms with E-state index in [1.54, 1.807) is 24.3 Å². The van der Waals surface area contributed by atoms with E-state index >= 15 is 0 Å². The molecule has 1 aromatic heterocycles. The Morgan fingerprint density at radius 3 is 2.61 bits per heavy atom. The Balaban J connectivity index is 1.85. The van der Waals surface area contributed by atoms with Crippen LogP contribution in [-0.2, 0) is 6.42 Å². The minimum Gasteiger partial charge on any atom is -0.478 e. The smallest absolute Gasteiger partial charge is 0.348 e. The Morgan fingerprint density at radius 2 is 1.83 bits per heavy atom. The molecule has 0 unspecified atom stereocenters. The first-order valence-electron chi connectivity index (χ1n) is 11.9. The van der Waals surface area contributed by atoms with Crippen molar-refractivity contribution in [3.05, 3.63) is 81.5 Å². The quantitative estimate of drug-likeness (QED) is 0.174.